The van der Waals surface area contributed by atoms with E-state index in [-0.39, 0.29) is 24.4 Å². The molecule has 0 aliphatic heterocycles. The summed E-state index contributed by atoms with van der Waals surface area (Å²) in [5, 5.41) is 2.69. The van der Waals surface area contributed by atoms with Crippen molar-refractivity contribution in [3.8, 4) is 5.75 Å². The maximum atomic E-state index is 13.3. The predicted molar refractivity (Wildman–Crippen MR) is 67.9 cm³/mol. The van der Waals surface area contributed by atoms with E-state index in [0.29, 0.717) is 18.7 Å². The number of hydrogen-bond donors (Lipinski definition) is 2. The number of amides is 1. The van der Waals surface area contributed by atoms with Crippen molar-refractivity contribution in [2.45, 2.75) is 26.3 Å². The fraction of sp³-hybridized carbons (Fsp3) is 0.462. The molecule has 0 spiro atoms. The highest BCUT2D eigenvalue weighted by molar-refractivity contribution is 5.77. The Balaban J connectivity index is 2.58. The van der Waals surface area contributed by atoms with Gasteiger partial charge in [0.15, 0.2) is 6.61 Å². The summed E-state index contributed by atoms with van der Waals surface area (Å²) < 4.78 is 18.5. The van der Waals surface area contributed by atoms with Gasteiger partial charge in [0, 0.05) is 12.1 Å². The summed E-state index contributed by atoms with van der Waals surface area (Å²) in [4.78, 5) is 11.4. The van der Waals surface area contributed by atoms with Crippen LogP contribution in [0.2, 0.25) is 0 Å². The smallest absolute Gasteiger partial charge is 0.258 e. The molecule has 1 aromatic rings. The van der Waals surface area contributed by atoms with Crippen molar-refractivity contribution >= 4 is 5.91 Å². The highest BCUT2D eigenvalue weighted by Gasteiger charge is 2.06. The van der Waals surface area contributed by atoms with Crippen LogP contribution in [0.25, 0.3) is 0 Å². The lowest BCUT2D eigenvalue weighted by atomic mass is 10.1. The van der Waals surface area contributed by atoms with Crippen molar-refractivity contribution in [3.63, 3.8) is 0 Å². The van der Waals surface area contributed by atoms with Crippen LogP contribution in [-0.2, 0) is 11.2 Å². The van der Waals surface area contributed by atoms with Gasteiger partial charge in [-0.15, -0.1) is 0 Å². The molecule has 5 heteroatoms. The fourth-order valence-electron chi connectivity index (χ4n) is 1.53. The number of benzene rings is 1. The van der Waals surface area contributed by atoms with Gasteiger partial charge in [0.05, 0.1) is 0 Å². The highest BCUT2D eigenvalue weighted by atomic mass is 19.1. The van der Waals surface area contributed by atoms with Crippen LogP contribution < -0.4 is 15.8 Å². The summed E-state index contributed by atoms with van der Waals surface area (Å²) in [7, 11) is 0. The average Bonchev–Trinajstić information content (AvgIpc) is 2.25. The first kappa shape index (κ1) is 14.4. The number of hydrogen-bond acceptors (Lipinski definition) is 3. The van der Waals surface area contributed by atoms with Gasteiger partial charge in [-0.25, -0.2) is 4.39 Å². The molecule has 0 aromatic heterocycles. The molecule has 1 aromatic carbocycles. The Morgan fingerprint density at radius 2 is 2.17 bits per heavy atom. The Morgan fingerprint density at radius 1 is 1.44 bits per heavy atom. The molecule has 1 rings (SSSR count). The van der Waals surface area contributed by atoms with E-state index in [1.54, 1.807) is 6.07 Å². The maximum Gasteiger partial charge on any atom is 0.258 e. The van der Waals surface area contributed by atoms with Gasteiger partial charge in [0.1, 0.15) is 11.6 Å². The average molecular weight is 254 g/mol. The minimum Gasteiger partial charge on any atom is -0.484 e. The van der Waals surface area contributed by atoms with Crippen LogP contribution in [0.15, 0.2) is 18.2 Å². The molecule has 3 N–H and O–H groups in total. The van der Waals surface area contributed by atoms with E-state index in [4.69, 9.17) is 10.5 Å². The van der Waals surface area contributed by atoms with Crippen molar-refractivity contribution in [2.75, 3.05) is 13.2 Å². The molecule has 0 heterocycles. The summed E-state index contributed by atoms with van der Waals surface area (Å²) in [6.45, 7) is 4.04. The van der Waals surface area contributed by atoms with Crippen LogP contribution in [0, 0.1) is 5.82 Å². The second kappa shape index (κ2) is 6.96. The zero-order valence-corrected chi connectivity index (χ0v) is 10.7. The summed E-state index contributed by atoms with van der Waals surface area (Å²) in [5.41, 5.74) is 6.17. The second-order valence-electron chi connectivity index (χ2n) is 4.34. The quantitative estimate of drug-likeness (QED) is 0.802. The number of carbonyl (C=O) groups is 1. The Morgan fingerprint density at radius 3 is 2.78 bits per heavy atom. The number of ether oxygens (including phenoxy) is 1. The van der Waals surface area contributed by atoms with E-state index >= 15 is 0 Å². The Kier molecular flexibility index (Phi) is 5.58. The Hall–Kier alpha value is -1.62. The van der Waals surface area contributed by atoms with Gasteiger partial charge < -0.3 is 15.8 Å². The van der Waals surface area contributed by atoms with E-state index in [9.17, 15) is 9.18 Å². The van der Waals surface area contributed by atoms with Gasteiger partial charge in [0.25, 0.3) is 5.91 Å². The predicted octanol–water partition coefficient (Wildman–Crippen LogP) is 1.23. The summed E-state index contributed by atoms with van der Waals surface area (Å²) >= 11 is 0. The summed E-state index contributed by atoms with van der Waals surface area (Å²) in [6.07, 6.45) is 0.576. The monoisotopic (exact) mass is 254 g/mol. The molecule has 0 aliphatic rings. The van der Waals surface area contributed by atoms with Crippen LogP contribution in [0.3, 0.4) is 0 Å². The van der Waals surface area contributed by atoms with Crippen molar-refractivity contribution in [2.24, 2.45) is 5.73 Å². The summed E-state index contributed by atoms with van der Waals surface area (Å²) in [5.74, 6) is -0.271. The molecule has 4 nitrogen and oxygen atoms in total. The van der Waals surface area contributed by atoms with Crippen molar-refractivity contribution in [1.29, 1.82) is 0 Å². The van der Waals surface area contributed by atoms with E-state index in [1.807, 2.05) is 13.8 Å². The van der Waals surface area contributed by atoms with Gasteiger partial charge in [-0.1, -0.05) is 0 Å². The first-order chi connectivity index (χ1) is 8.51. The minimum absolute atomic E-state index is 0.0569. The molecule has 0 radical (unpaired) electrons. The Bertz CT molecular complexity index is 408. The topological polar surface area (TPSA) is 64.3 Å². The molecule has 0 saturated heterocycles. The van der Waals surface area contributed by atoms with Crippen molar-refractivity contribution in [3.05, 3.63) is 29.6 Å². The standard InChI is InChI=1S/C13H19FN2O2/c1-9(2)16-13(17)8-18-12-6-10(3-4-15)5-11(14)7-12/h5-7,9H,3-4,8,15H2,1-2H3,(H,16,17). The molecule has 100 valence electrons. The first-order valence-corrected chi connectivity index (χ1v) is 5.93. The third kappa shape index (κ3) is 5.14. The third-order valence-electron chi connectivity index (χ3n) is 2.18. The number of nitrogens with one attached hydrogen (secondary N) is 1. The molecule has 0 bridgehead atoms. The lowest BCUT2D eigenvalue weighted by molar-refractivity contribution is -0.123. The molecule has 0 fully saturated rings. The molecular weight excluding hydrogens is 235 g/mol. The molecule has 1 amide bonds. The summed E-state index contributed by atoms with van der Waals surface area (Å²) in [6, 6.07) is 4.41. The van der Waals surface area contributed by atoms with Crippen molar-refractivity contribution < 1.29 is 13.9 Å². The van der Waals surface area contributed by atoms with E-state index < -0.39 is 0 Å². The van der Waals surface area contributed by atoms with Crippen LogP contribution >= 0.6 is 0 Å². The lowest BCUT2D eigenvalue weighted by Gasteiger charge is -2.10. The van der Waals surface area contributed by atoms with Crippen LogP contribution in [-0.4, -0.2) is 25.1 Å². The number of nitrogens with two attached hydrogens (primary N) is 1. The normalized spacial score (nSPS) is 10.5. The van der Waals surface area contributed by atoms with Crippen LogP contribution in [0.5, 0.6) is 5.75 Å². The Labute approximate surface area is 106 Å². The van der Waals surface area contributed by atoms with Crippen LogP contribution in [0.4, 0.5) is 4.39 Å². The lowest BCUT2D eigenvalue weighted by Crippen LogP contribution is -2.34. The molecule has 0 atom stereocenters. The minimum atomic E-state index is -0.389. The van der Waals surface area contributed by atoms with E-state index in [2.05, 4.69) is 5.32 Å². The van der Waals surface area contributed by atoms with Gasteiger partial charge in [-0.3, -0.25) is 4.79 Å². The highest BCUT2D eigenvalue weighted by Crippen LogP contribution is 2.16. The van der Waals surface area contributed by atoms with Gasteiger partial charge in [0.2, 0.25) is 0 Å². The number of rotatable bonds is 6. The zero-order chi connectivity index (χ0) is 13.5. The molecular formula is C13H19FN2O2. The SMILES string of the molecule is CC(C)NC(=O)COc1cc(F)cc(CCN)c1. The fourth-order valence-corrected chi connectivity index (χ4v) is 1.53. The zero-order valence-electron chi connectivity index (χ0n) is 10.7. The second-order valence-corrected chi connectivity index (χ2v) is 4.34. The largest absolute Gasteiger partial charge is 0.484 e. The third-order valence-corrected chi connectivity index (χ3v) is 2.18. The van der Waals surface area contributed by atoms with E-state index in [1.165, 1.54) is 12.1 Å². The molecule has 0 unspecified atom stereocenters. The van der Waals surface area contributed by atoms with Crippen LogP contribution in [0.1, 0.15) is 19.4 Å². The molecule has 18 heavy (non-hydrogen) atoms. The van der Waals surface area contributed by atoms with Crippen molar-refractivity contribution in [1.82, 2.24) is 5.32 Å². The molecule has 0 aliphatic carbocycles. The number of carbonyl (C=O) groups excluding carboxylic acids is 1. The molecule has 0 saturated carbocycles. The van der Waals surface area contributed by atoms with Gasteiger partial charge in [-0.05, 0) is 44.5 Å². The maximum absolute atomic E-state index is 13.3. The number of halogens is 1. The van der Waals surface area contributed by atoms with Gasteiger partial charge >= 0.3 is 0 Å². The van der Waals surface area contributed by atoms with Gasteiger partial charge in [-0.2, -0.15) is 0 Å². The van der Waals surface area contributed by atoms with E-state index in [0.717, 1.165) is 5.56 Å². The first-order valence-electron chi connectivity index (χ1n) is 5.93.